The fourth-order valence-corrected chi connectivity index (χ4v) is 4.92. The number of anilines is 1. The number of hydrogen-bond acceptors (Lipinski definition) is 3. The van der Waals surface area contributed by atoms with Crippen LogP contribution in [0.3, 0.4) is 0 Å². The molecule has 3 rings (SSSR count). The zero-order valence-electron chi connectivity index (χ0n) is 15.9. The number of hydrogen-bond donors (Lipinski definition) is 1. The second-order valence-corrected chi connectivity index (χ2v) is 10.0. The molecule has 0 aliphatic rings. The summed E-state index contributed by atoms with van der Waals surface area (Å²) in [5.74, 6) is -0.525. The zero-order chi connectivity index (χ0) is 22.6. The largest absolute Gasteiger partial charge is 0.350 e. The lowest BCUT2D eigenvalue weighted by molar-refractivity contribution is -0.119. The average Bonchev–Trinajstić information content (AvgIpc) is 2.71. The minimum atomic E-state index is -4.07. The number of nitrogens with one attached hydrogen (secondary N) is 1. The van der Waals surface area contributed by atoms with E-state index in [1.165, 1.54) is 30.3 Å². The molecule has 0 atom stereocenters. The van der Waals surface area contributed by atoms with E-state index in [1.807, 2.05) is 0 Å². The maximum absolute atomic E-state index is 13.3. The number of carbonyl (C=O) groups is 1. The summed E-state index contributed by atoms with van der Waals surface area (Å²) in [6, 6.07) is 16.8. The molecule has 0 heterocycles. The molecule has 0 saturated carbocycles. The van der Waals surface area contributed by atoms with Gasteiger partial charge in [0.05, 0.1) is 10.6 Å². The predicted octanol–water partition coefficient (Wildman–Crippen LogP) is 5.81. The summed E-state index contributed by atoms with van der Waals surface area (Å²) in [5.41, 5.74) is 0.899. The first-order chi connectivity index (χ1) is 14.7. The van der Waals surface area contributed by atoms with E-state index in [0.29, 0.717) is 25.7 Å². The van der Waals surface area contributed by atoms with Gasteiger partial charge in [0.15, 0.2) is 0 Å². The predicted molar refractivity (Wildman–Crippen MR) is 126 cm³/mol. The molecule has 0 aliphatic carbocycles. The monoisotopic (exact) mass is 516 g/mol. The van der Waals surface area contributed by atoms with Gasteiger partial charge in [0, 0.05) is 26.6 Å². The van der Waals surface area contributed by atoms with E-state index in [-0.39, 0.29) is 17.1 Å². The number of halogens is 4. The lowest BCUT2D eigenvalue weighted by Crippen LogP contribution is -2.40. The standard InChI is InChI=1S/C21H16Cl4N2O3S/c22-15-6-8-19(9-7-15)31(29,30)27(18-3-1-2-16(23)10-18)13-21(28)26-12-14-4-5-17(24)11-20(14)25/h1-11H,12-13H2,(H,26,28). The Morgan fingerprint density at radius 3 is 2.13 bits per heavy atom. The molecule has 3 aromatic rings. The zero-order valence-corrected chi connectivity index (χ0v) is 19.7. The number of carbonyl (C=O) groups excluding carboxylic acids is 1. The van der Waals surface area contributed by atoms with Crippen LogP contribution in [0.4, 0.5) is 5.69 Å². The molecule has 0 bridgehead atoms. The molecule has 0 fully saturated rings. The molecule has 0 radical (unpaired) electrons. The maximum atomic E-state index is 13.3. The average molecular weight is 518 g/mol. The van der Waals surface area contributed by atoms with E-state index in [2.05, 4.69) is 5.32 Å². The Morgan fingerprint density at radius 2 is 1.48 bits per heavy atom. The molecular weight excluding hydrogens is 502 g/mol. The van der Waals surface area contributed by atoms with Crippen LogP contribution < -0.4 is 9.62 Å². The van der Waals surface area contributed by atoms with Gasteiger partial charge in [-0.1, -0.05) is 58.5 Å². The van der Waals surface area contributed by atoms with Crippen LogP contribution in [0.15, 0.2) is 71.6 Å². The van der Waals surface area contributed by atoms with Crippen molar-refractivity contribution in [2.24, 2.45) is 0 Å². The molecule has 0 saturated heterocycles. The first-order valence-electron chi connectivity index (χ1n) is 8.91. The van der Waals surface area contributed by atoms with Gasteiger partial charge in [0.1, 0.15) is 6.54 Å². The fourth-order valence-electron chi connectivity index (χ4n) is 2.73. The summed E-state index contributed by atoms with van der Waals surface area (Å²) in [6.07, 6.45) is 0. The van der Waals surface area contributed by atoms with E-state index in [9.17, 15) is 13.2 Å². The van der Waals surface area contributed by atoms with Crippen LogP contribution in [0.2, 0.25) is 20.1 Å². The Hall–Kier alpha value is -1.96. The fraction of sp³-hybridized carbons (Fsp3) is 0.0952. The normalized spacial score (nSPS) is 11.2. The smallest absolute Gasteiger partial charge is 0.264 e. The van der Waals surface area contributed by atoms with Crippen molar-refractivity contribution >= 4 is 68.0 Å². The maximum Gasteiger partial charge on any atom is 0.264 e. The SMILES string of the molecule is O=C(CN(c1cccc(Cl)c1)S(=O)(=O)c1ccc(Cl)cc1)NCc1ccc(Cl)cc1Cl. The van der Waals surface area contributed by atoms with Crippen LogP contribution in [0.5, 0.6) is 0 Å². The molecule has 10 heteroatoms. The van der Waals surface area contributed by atoms with Gasteiger partial charge in [0.2, 0.25) is 5.91 Å². The summed E-state index contributed by atoms with van der Waals surface area (Å²) in [5, 5.41) is 4.28. The summed E-state index contributed by atoms with van der Waals surface area (Å²) in [4.78, 5) is 12.6. The topological polar surface area (TPSA) is 66.5 Å². The molecule has 162 valence electrons. The van der Waals surface area contributed by atoms with E-state index >= 15 is 0 Å². The molecule has 0 aliphatic heterocycles. The molecular formula is C21H16Cl4N2O3S. The summed E-state index contributed by atoms with van der Waals surface area (Å²) < 4.78 is 27.5. The van der Waals surface area contributed by atoms with Crippen molar-refractivity contribution in [2.45, 2.75) is 11.4 Å². The van der Waals surface area contributed by atoms with Gasteiger partial charge in [-0.2, -0.15) is 0 Å². The van der Waals surface area contributed by atoms with E-state index in [1.54, 1.807) is 36.4 Å². The van der Waals surface area contributed by atoms with Crippen LogP contribution >= 0.6 is 46.4 Å². The van der Waals surface area contributed by atoms with Crippen molar-refractivity contribution in [2.75, 3.05) is 10.8 Å². The third-order valence-electron chi connectivity index (χ3n) is 4.28. The van der Waals surface area contributed by atoms with Crippen LogP contribution in [-0.4, -0.2) is 20.9 Å². The Bertz CT molecular complexity index is 1200. The number of amides is 1. The Kier molecular flexibility index (Phi) is 7.73. The third kappa shape index (κ3) is 6.05. The van der Waals surface area contributed by atoms with E-state index < -0.39 is 22.5 Å². The van der Waals surface area contributed by atoms with Crippen LogP contribution in [-0.2, 0) is 21.4 Å². The minimum absolute atomic E-state index is 0.00887. The molecule has 5 nitrogen and oxygen atoms in total. The summed E-state index contributed by atoms with van der Waals surface area (Å²) in [6.45, 7) is -0.351. The molecule has 0 unspecified atom stereocenters. The van der Waals surface area contributed by atoms with Crippen LogP contribution in [0.25, 0.3) is 0 Å². The second kappa shape index (κ2) is 10.1. The molecule has 31 heavy (non-hydrogen) atoms. The molecule has 1 amide bonds. The van der Waals surface area contributed by atoms with Crippen molar-refractivity contribution in [1.82, 2.24) is 5.32 Å². The highest BCUT2D eigenvalue weighted by Gasteiger charge is 2.27. The molecule has 3 aromatic carbocycles. The Balaban J connectivity index is 1.86. The van der Waals surface area contributed by atoms with Gasteiger partial charge in [-0.15, -0.1) is 0 Å². The van der Waals surface area contributed by atoms with Crippen molar-refractivity contribution in [3.63, 3.8) is 0 Å². The first kappa shape index (κ1) is 23.7. The van der Waals surface area contributed by atoms with Crippen molar-refractivity contribution in [3.05, 3.63) is 92.4 Å². The van der Waals surface area contributed by atoms with Gasteiger partial charge < -0.3 is 5.32 Å². The van der Waals surface area contributed by atoms with Gasteiger partial charge in [0.25, 0.3) is 10.0 Å². The molecule has 0 spiro atoms. The molecule has 1 N–H and O–H groups in total. The van der Waals surface area contributed by atoms with E-state index in [0.717, 1.165) is 4.31 Å². The quantitative estimate of drug-likeness (QED) is 0.430. The minimum Gasteiger partial charge on any atom is -0.350 e. The Morgan fingerprint density at radius 1 is 0.839 bits per heavy atom. The lowest BCUT2D eigenvalue weighted by atomic mass is 10.2. The number of benzene rings is 3. The van der Waals surface area contributed by atoms with E-state index in [4.69, 9.17) is 46.4 Å². The highest BCUT2D eigenvalue weighted by atomic mass is 35.5. The van der Waals surface area contributed by atoms with Crippen molar-refractivity contribution < 1.29 is 13.2 Å². The Labute approximate surface area is 200 Å². The highest BCUT2D eigenvalue weighted by molar-refractivity contribution is 7.92. The van der Waals surface area contributed by atoms with Gasteiger partial charge in [-0.3, -0.25) is 9.10 Å². The third-order valence-corrected chi connectivity index (χ3v) is 7.14. The van der Waals surface area contributed by atoms with Crippen molar-refractivity contribution in [1.29, 1.82) is 0 Å². The summed E-state index contributed by atoms with van der Waals surface area (Å²) >= 11 is 23.9. The first-order valence-corrected chi connectivity index (χ1v) is 11.9. The van der Waals surface area contributed by atoms with Crippen LogP contribution in [0.1, 0.15) is 5.56 Å². The summed E-state index contributed by atoms with van der Waals surface area (Å²) in [7, 11) is -4.07. The highest BCUT2D eigenvalue weighted by Crippen LogP contribution is 2.27. The van der Waals surface area contributed by atoms with Crippen LogP contribution in [0, 0.1) is 0 Å². The number of rotatable bonds is 7. The van der Waals surface area contributed by atoms with Crippen molar-refractivity contribution in [3.8, 4) is 0 Å². The second-order valence-electron chi connectivity index (χ2n) is 6.46. The van der Waals surface area contributed by atoms with Gasteiger partial charge in [-0.05, 0) is 60.2 Å². The van der Waals surface area contributed by atoms with Gasteiger partial charge in [-0.25, -0.2) is 8.42 Å². The number of nitrogens with zero attached hydrogens (tertiary/aromatic N) is 1. The number of sulfonamides is 1. The lowest BCUT2D eigenvalue weighted by Gasteiger charge is -2.24. The van der Waals surface area contributed by atoms with Gasteiger partial charge >= 0.3 is 0 Å². The molecule has 0 aromatic heterocycles.